The van der Waals surface area contributed by atoms with Crippen molar-refractivity contribution >= 4 is 29.0 Å². The van der Waals surface area contributed by atoms with E-state index in [0.717, 1.165) is 18.7 Å². The molecule has 0 aliphatic carbocycles. The van der Waals surface area contributed by atoms with Gasteiger partial charge in [-0.05, 0) is 43.0 Å². The van der Waals surface area contributed by atoms with E-state index in [-0.39, 0.29) is 0 Å². The number of benzene rings is 1. The van der Waals surface area contributed by atoms with Gasteiger partial charge in [-0.3, -0.25) is 4.79 Å². The molecular formula is C13H21N3OS. The Hall–Kier alpha value is -1.36. The van der Waals surface area contributed by atoms with Gasteiger partial charge in [0.1, 0.15) is 0 Å². The third kappa shape index (κ3) is 4.87. The van der Waals surface area contributed by atoms with Gasteiger partial charge in [-0.1, -0.05) is 6.42 Å². The number of anilines is 2. The van der Waals surface area contributed by atoms with E-state index < -0.39 is 5.91 Å². The number of nitrogen functional groups attached to an aromatic ring is 1. The predicted molar refractivity (Wildman–Crippen MR) is 80.1 cm³/mol. The molecule has 0 aliphatic heterocycles. The lowest BCUT2D eigenvalue weighted by molar-refractivity contribution is 0.100. The Kier molecular flexibility index (Phi) is 6.43. The lowest BCUT2D eigenvalue weighted by Crippen LogP contribution is -2.15. The van der Waals surface area contributed by atoms with Crippen molar-refractivity contribution in [2.24, 2.45) is 5.73 Å². The number of carbonyl (C=O) groups is 1. The first-order valence-electron chi connectivity index (χ1n) is 6.07. The fraction of sp³-hybridized carbons (Fsp3) is 0.462. The van der Waals surface area contributed by atoms with Gasteiger partial charge >= 0.3 is 0 Å². The molecule has 1 rings (SSSR count). The maximum absolute atomic E-state index is 11.2. The Morgan fingerprint density at radius 2 is 2.11 bits per heavy atom. The average molecular weight is 267 g/mol. The van der Waals surface area contributed by atoms with Crippen molar-refractivity contribution in [2.75, 3.05) is 29.6 Å². The Balaban J connectivity index is 2.45. The number of unbranched alkanes of at least 4 members (excludes halogenated alkanes) is 2. The molecule has 1 aromatic carbocycles. The van der Waals surface area contributed by atoms with Crippen molar-refractivity contribution in [1.29, 1.82) is 0 Å². The van der Waals surface area contributed by atoms with Crippen LogP contribution in [0.25, 0.3) is 0 Å². The van der Waals surface area contributed by atoms with Crippen molar-refractivity contribution in [3.8, 4) is 0 Å². The van der Waals surface area contributed by atoms with E-state index in [4.69, 9.17) is 11.5 Å². The van der Waals surface area contributed by atoms with Crippen molar-refractivity contribution in [2.45, 2.75) is 19.3 Å². The van der Waals surface area contributed by atoms with Crippen LogP contribution in [0, 0.1) is 0 Å². The summed E-state index contributed by atoms with van der Waals surface area (Å²) in [6.07, 6.45) is 5.60. The Bertz CT molecular complexity index is 396. The number of nitrogens with one attached hydrogen (secondary N) is 1. The van der Waals surface area contributed by atoms with Crippen LogP contribution in [0.3, 0.4) is 0 Å². The molecule has 0 saturated heterocycles. The number of nitrogens with two attached hydrogens (primary N) is 2. The van der Waals surface area contributed by atoms with E-state index in [1.165, 1.54) is 18.6 Å². The van der Waals surface area contributed by atoms with Crippen LogP contribution in [-0.2, 0) is 0 Å². The molecule has 5 heteroatoms. The molecule has 0 spiro atoms. The summed E-state index contributed by atoms with van der Waals surface area (Å²) in [4.78, 5) is 11.2. The third-order valence-corrected chi connectivity index (χ3v) is 3.35. The van der Waals surface area contributed by atoms with Gasteiger partial charge in [-0.15, -0.1) is 0 Å². The van der Waals surface area contributed by atoms with Crippen LogP contribution in [0.5, 0.6) is 0 Å². The Morgan fingerprint density at radius 1 is 1.33 bits per heavy atom. The standard InChI is InChI=1S/C13H21N3OS/c1-18-8-4-2-3-7-16-12-9-10(14)5-6-11(12)13(15)17/h5-6,9,16H,2-4,7-8,14H2,1H3,(H2,15,17). The number of carbonyl (C=O) groups excluding carboxylic acids is 1. The number of primary amides is 1. The number of thioether (sulfide) groups is 1. The van der Waals surface area contributed by atoms with E-state index in [1.807, 2.05) is 11.8 Å². The smallest absolute Gasteiger partial charge is 0.250 e. The highest BCUT2D eigenvalue weighted by atomic mass is 32.2. The predicted octanol–water partition coefficient (Wildman–Crippen LogP) is 2.31. The van der Waals surface area contributed by atoms with Crippen LogP contribution in [0.4, 0.5) is 11.4 Å². The summed E-state index contributed by atoms with van der Waals surface area (Å²) in [5.74, 6) is 0.769. The molecule has 0 aromatic heterocycles. The molecule has 0 fully saturated rings. The third-order valence-electron chi connectivity index (χ3n) is 2.65. The number of hydrogen-bond acceptors (Lipinski definition) is 4. The molecule has 4 nitrogen and oxygen atoms in total. The van der Waals surface area contributed by atoms with E-state index in [0.29, 0.717) is 11.3 Å². The summed E-state index contributed by atoms with van der Waals surface area (Å²) in [6, 6.07) is 5.10. The molecular weight excluding hydrogens is 246 g/mol. The van der Waals surface area contributed by atoms with Crippen LogP contribution in [-0.4, -0.2) is 24.5 Å². The second kappa shape index (κ2) is 7.87. The lowest BCUT2D eigenvalue weighted by Gasteiger charge is -2.10. The second-order valence-electron chi connectivity index (χ2n) is 4.15. The van der Waals surface area contributed by atoms with Gasteiger partial charge < -0.3 is 16.8 Å². The van der Waals surface area contributed by atoms with Gasteiger partial charge in [-0.25, -0.2) is 0 Å². The molecule has 0 bridgehead atoms. The minimum absolute atomic E-state index is 0.431. The van der Waals surface area contributed by atoms with Crippen LogP contribution < -0.4 is 16.8 Å². The minimum atomic E-state index is -0.431. The van der Waals surface area contributed by atoms with Gasteiger partial charge in [0.2, 0.25) is 0 Å². The Morgan fingerprint density at radius 3 is 2.78 bits per heavy atom. The first kappa shape index (κ1) is 14.7. The molecule has 100 valence electrons. The normalized spacial score (nSPS) is 10.3. The average Bonchev–Trinajstić information content (AvgIpc) is 2.33. The van der Waals surface area contributed by atoms with E-state index in [2.05, 4.69) is 11.6 Å². The molecule has 0 heterocycles. The summed E-state index contributed by atoms with van der Waals surface area (Å²) in [5, 5.41) is 3.22. The van der Waals surface area contributed by atoms with Gasteiger partial charge in [0.15, 0.2) is 0 Å². The van der Waals surface area contributed by atoms with Crippen LogP contribution >= 0.6 is 11.8 Å². The Labute approximate surface area is 113 Å². The number of amides is 1. The zero-order valence-corrected chi connectivity index (χ0v) is 11.6. The molecule has 0 saturated carbocycles. The number of rotatable bonds is 8. The van der Waals surface area contributed by atoms with Gasteiger partial charge in [0, 0.05) is 17.9 Å². The molecule has 0 unspecified atom stereocenters. The molecule has 18 heavy (non-hydrogen) atoms. The molecule has 1 aromatic rings. The highest BCUT2D eigenvalue weighted by molar-refractivity contribution is 7.98. The zero-order valence-electron chi connectivity index (χ0n) is 10.7. The van der Waals surface area contributed by atoms with E-state index >= 15 is 0 Å². The summed E-state index contributed by atoms with van der Waals surface area (Å²) in [5.41, 5.74) is 12.9. The molecule has 5 N–H and O–H groups in total. The second-order valence-corrected chi connectivity index (χ2v) is 5.14. The zero-order chi connectivity index (χ0) is 13.4. The van der Waals surface area contributed by atoms with Crippen molar-refractivity contribution < 1.29 is 4.79 Å². The highest BCUT2D eigenvalue weighted by Gasteiger charge is 2.07. The summed E-state index contributed by atoms with van der Waals surface area (Å²) >= 11 is 1.87. The van der Waals surface area contributed by atoms with Gasteiger partial charge in [0.25, 0.3) is 5.91 Å². The molecule has 0 aliphatic rings. The van der Waals surface area contributed by atoms with Crippen molar-refractivity contribution in [1.82, 2.24) is 0 Å². The van der Waals surface area contributed by atoms with Crippen LogP contribution in [0.1, 0.15) is 29.6 Å². The highest BCUT2D eigenvalue weighted by Crippen LogP contribution is 2.19. The first-order valence-corrected chi connectivity index (χ1v) is 7.46. The SMILES string of the molecule is CSCCCCCNc1cc(N)ccc1C(N)=O. The maximum atomic E-state index is 11.2. The van der Waals surface area contributed by atoms with E-state index in [9.17, 15) is 4.79 Å². The van der Waals surface area contributed by atoms with E-state index in [1.54, 1.807) is 18.2 Å². The van der Waals surface area contributed by atoms with Crippen LogP contribution in [0.15, 0.2) is 18.2 Å². The topological polar surface area (TPSA) is 81.1 Å². The largest absolute Gasteiger partial charge is 0.399 e. The summed E-state index contributed by atoms with van der Waals surface area (Å²) < 4.78 is 0. The molecule has 0 atom stereocenters. The molecule has 0 radical (unpaired) electrons. The number of hydrogen-bond donors (Lipinski definition) is 3. The fourth-order valence-corrected chi connectivity index (χ4v) is 2.19. The summed E-state index contributed by atoms with van der Waals surface area (Å²) in [7, 11) is 0. The lowest BCUT2D eigenvalue weighted by atomic mass is 10.1. The quantitative estimate of drug-likeness (QED) is 0.499. The van der Waals surface area contributed by atoms with Gasteiger partial charge in [-0.2, -0.15) is 11.8 Å². The monoisotopic (exact) mass is 267 g/mol. The minimum Gasteiger partial charge on any atom is -0.399 e. The maximum Gasteiger partial charge on any atom is 0.250 e. The summed E-state index contributed by atoms with van der Waals surface area (Å²) in [6.45, 7) is 0.831. The van der Waals surface area contributed by atoms with Crippen LogP contribution in [0.2, 0.25) is 0 Å². The first-order chi connectivity index (χ1) is 8.65. The van der Waals surface area contributed by atoms with Crippen molar-refractivity contribution in [3.05, 3.63) is 23.8 Å². The van der Waals surface area contributed by atoms with Gasteiger partial charge in [0.05, 0.1) is 5.56 Å². The fourth-order valence-electron chi connectivity index (χ4n) is 1.69. The van der Waals surface area contributed by atoms with Crippen molar-refractivity contribution in [3.63, 3.8) is 0 Å². The molecule has 1 amide bonds.